The van der Waals surface area contributed by atoms with Gasteiger partial charge in [0.05, 0.1) is 25.2 Å². The fraction of sp³-hybridized carbons (Fsp3) is 0.385. The number of hydrogen-bond donors (Lipinski definition) is 2. The smallest absolute Gasteiger partial charge is 0.306 e. The molecule has 0 bridgehead atoms. The molecule has 1 aromatic carbocycles. The van der Waals surface area contributed by atoms with Crippen molar-refractivity contribution >= 4 is 23.5 Å². The topological polar surface area (TPSA) is 84.9 Å². The second-order valence-electron chi connectivity index (χ2n) is 4.01. The summed E-state index contributed by atoms with van der Waals surface area (Å²) >= 11 is 5.81. The van der Waals surface area contributed by atoms with Gasteiger partial charge in [0, 0.05) is 18.7 Å². The van der Waals surface area contributed by atoms with Crippen LogP contribution < -0.4 is 10.1 Å². The minimum atomic E-state index is -0.991. The zero-order valence-electron chi connectivity index (χ0n) is 11.2. The van der Waals surface area contributed by atoms with Crippen LogP contribution in [0.15, 0.2) is 18.2 Å². The number of aliphatic carboxylic acids is 1. The van der Waals surface area contributed by atoms with E-state index in [1.54, 1.807) is 6.07 Å². The number of ether oxygens (including phenoxy) is 2. The van der Waals surface area contributed by atoms with Crippen molar-refractivity contribution < 1.29 is 24.2 Å². The van der Waals surface area contributed by atoms with Gasteiger partial charge in [0.15, 0.2) is 0 Å². The van der Waals surface area contributed by atoms with E-state index in [4.69, 9.17) is 26.2 Å². The highest BCUT2D eigenvalue weighted by molar-refractivity contribution is 6.30. The van der Waals surface area contributed by atoms with Gasteiger partial charge < -0.3 is 19.9 Å². The lowest BCUT2D eigenvalue weighted by Crippen LogP contribution is -2.34. The van der Waals surface area contributed by atoms with Crippen LogP contribution >= 0.6 is 11.6 Å². The first-order valence-corrected chi connectivity index (χ1v) is 6.22. The minimum Gasteiger partial charge on any atom is -0.496 e. The monoisotopic (exact) mass is 301 g/mol. The van der Waals surface area contributed by atoms with Crippen molar-refractivity contribution in [2.75, 3.05) is 20.8 Å². The number of benzene rings is 1. The molecule has 7 heteroatoms. The molecule has 110 valence electrons. The molecule has 0 radical (unpaired) electrons. The van der Waals surface area contributed by atoms with Crippen molar-refractivity contribution in [2.24, 2.45) is 0 Å². The van der Waals surface area contributed by atoms with Crippen LogP contribution in [0.3, 0.4) is 0 Å². The van der Waals surface area contributed by atoms with E-state index in [2.05, 4.69) is 5.32 Å². The predicted octanol–water partition coefficient (Wildman–Crippen LogP) is 1.57. The van der Waals surface area contributed by atoms with Gasteiger partial charge in [-0.15, -0.1) is 0 Å². The summed E-state index contributed by atoms with van der Waals surface area (Å²) in [5.74, 6) is -1.02. The largest absolute Gasteiger partial charge is 0.496 e. The summed E-state index contributed by atoms with van der Waals surface area (Å²) in [4.78, 5) is 22.6. The average Bonchev–Trinajstić information content (AvgIpc) is 2.42. The fourth-order valence-corrected chi connectivity index (χ4v) is 1.75. The third-order valence-corrected chi connectivity index (χ3v) is 2.87. The summed E-state index contributed by atoms with van der Waals surface area (Å²) in [5, 5.41) is 11.7. The van der Waals surface area contributed by atoms with E-state index < -0.39 is 12.1 Å². The molecule has 0 aliphatic heterocycles. The number of carboxylic acid groups (broad SMARTS) is 1. The van der Waals surface area contributed by atoms with Crippen molar-refractivity contribution in [3.8, 4) is 5.75 Å². The maximum Gasteiger partial charge on any atom is 0.306 e. The number of rotatable bonds is 7. The quantitative estimate of drug-likeness (QED) is 0.798. The normalized spacial score (nSPS) is 11.8. The number of methoxy groups -OCH3 is 2. The minimum absolute atomic E-state index is 0.0907. The van der Waals surface area contributed by atoms with Crippen molar-refractivity contribution in [2.45, 2.75) is 12.5 Å². The van der Waals surface area contributed by atoms with Crippen LogP contribution in [-0.2, 0) is 9.53 Å². The zero-order chi connectivity index (χ0) is 15.1. The number of nitrogens with one attached hydrogen (secondary N) is 1. The lowest BCUT2D eigenvalue weighted by Gasteiger charge is -2.15. The second-order valence-corrected chi connectivity index (χ2v) is 4.45. The number of carbonyl (C=O) groups is 2. The van der Waals surface area contributed by atoms with Crippen molar-refractivity contribution in [3.63, 3.8) is 0 Å². The van der Waals surface area contributed by atoms with Gasteiger partial charge >= 0.3 is 5.97 Å². The molecule has 1 atom stereocenters. The van der Waals surface area contributed by atoms with Crippen molar-refractivity contribution in [1.82, 2.24) is 5.32 Å². The Morgan fingerprint density at radius 1 is 1.40 bits per heavy atom. The summed E-state index contributed by atoms with van der Waals surface area (Å²) < 4.78 is 10.0. The Morgan fingerprint density at radius 3 is 2.65 bits per heavy atom. The van der Waals surface area contributed by atoms with E-state index >= 15 is 0 Å². The van der Waals surface area contributed by atoms with E-state index in [1.807, 2.05) is 0 Å². The van der Waals surface area contributed by atoms with Crippen LogP contribution in [-0.4, -0.2) is 43.9 Å². The van der Waals surface area contributed by atoms with Crippen LogP contribution in [0, 0.1) is 0 Å². The van der Waals surface area contributed by atoms with E-state index in [0.717, 1.165) is 0 Å². The molecule has 0 saturated heterocycles. The summed E-state index contributed by atoms with van der Waals surface area (Å²) in [7, 11) is 2.83. The maximum atomic E-state index is 12.0. The SMILES string of the molecule is COc1cc(Cl)ccc1C(=O)NCC(CC(=O)O)OC. The molecule has 2 N–H and O–H groups in total. The number of carboxylic acids is 1. The van der Waals surface area contributed by atoms with E-state index in [1.165, 1.54) is 26.4 Å². The van der Waals surface area contributed by atoms with Gasteiger partial charge in [-0.2, -0.15) is 0 Å². The molecule has 0 saturated carbocycles. The van der Waals surface area contributed by atoms with Crippen molar-refractivity contribution in [3.05, 3.63) is 28.8 Å². The molecule has 6 nitrogen and oxygen atoms in total. The molecular formula is C13H16ClNO5. The van der Waals surface area contributed by atoms with Crippen LogP contribution in [0.4, 0.5) is 0 Å². The fourth-order valence-electron chi connectivity index (χ4n) is 1.59. The van der Waals surface area contributed by atoms with Gasteiger partial charge in [0.25, 0.3) is 5.91 Å². The molecule has 1 rings (SSSR count). The van der Waals surface area contributed by atoms with Crippen LogP contribution in [0.25, 0.3) is 0 Å². The number of halogens is 1. The molecule has 0 spiro atoms. The maximum absolute atomic E-state index is 12.0. The summed E-state index contributed by atoms with van der Waals surface area (Å²) in [6.45, 7) is 0.0907. The molecule has 0 aromatic heterocycles. The van der Waals surface area contributed by atoms with Gasteiger partial charge in [-0.05, 0) is 18.2 Å². The highest BCUT2D eigenvalue weighted by Crippen LogP contribution is 2.22. The van der Waals surface area contributed by atoms with Gasteiger partial charge in [-0.25, -0.2) is 0 Å². The average molecular weight is 302 g/mol. The standard InChI is InChI=1S/C13H16ClNO5/c1-19-9(6-12(16)17)7-15-13(18)10-4-3-8(14)5-11(10)20-2/h3-5,9H,6-7H2,1-2H3,(H,15,18)(H,16,17). The van der Waals surface area contributed by atoms with Gasteiger partial charge in [0.2, 0.25) is 0 Å². The molecule has 1 aromatic rings. The highest BCUT2D eigenvalue weighted by Gasteiger charge is 2.16. The van der Waals surface area contributed by atoms with E-state index in [0.29, 0.717) is 16.3 Å². The first-order chi connectivity index (χ1) is 9.47. The predicted molar refractivity (Wildman–Crippen MR) is 73.4 cm³/mol. The van der Waals surface area contributed by atoms with Crippen LogP contribution in [0.1, 0.15) is 16.8 Å². The number of hydrogen-bond acceptors (Lipinski definition) is 4. The first-order valence-electron chi connectivity index (χ1n) is 5.84. The Bertz CT molecular complexity index is 492. The lowest BCUT2D eigenvalue weighted by molar-refractivity contribution is -0.139. The Hall–Kier alpha value is -1.79. The number of amides is 1. The first kappa shape index (κ1) is 16.3. The molecule has 0 aliphatic rings. The lowest BCUT2D eigenvalue weighted by atomic mass is 10.1. The molecule has 20 heavy (non-hydrogen) atoms. The van der Waals surface area contributed by atoms with Gasteiger partial charge in [-0.3, -0.25) is 9.59 Å². The Kier molecular flexibility index (Phi) is 6.27. The van der Waals surface area contributed by atoms with Gasteiger partial charge in [-0.1, -0.05) is 11.6 Å². The van der Waals surface area contributed by atoms with E-state index in [9.17, 15) is 9.59 Å². The van der Waals surface area contributed by atoms with Crippen molar-refractivity contribution in [1.29, 1.82) is 0 Å². The molecular weight excluding hydrogens is 286 g/mol. The molecule has 1 unspecified atom stereocenters. The van der Waals surface area contributed by atoms with E-state index in [-0.39, 0.29) is 18.9 Å². The van der Waals surface area contributed by atoms with Gasteiger partial charge in [0.1, 0.15) is 5.75 Å². The third kappa shape index (κ3) is 4.71. The number of carbonyl (C=O) groups excluding carboxylic acids is 1. The summed E-state index contributed by atoms with van der Waals surface area (Å²) in [5.41, 5.74) is 0.321. The molecule has 0 fully saturated rings. The second kappa shape index (κ2) is 7.72. The van der Waals surface area contributed by atoms with Crippen LogP contribution in [0.5, 0.6) is 5.75 Å². The zero-order valence-corrected chi connectivity index (χ0v) is 11.9. The third-order valence-electron chi connectivity index (χ3n) is 2.63. The van der Waals surface area contributed by atoms with Crippen LogP contribution in [0.2, 0.25) is 5.02 Å². The molecule has 1 amide bonds. The molecule has 0 heterocycles. The Labute approximate surface area is 121 Å². The Morgan fingerprint density at radius 2 is 2.10 bits per heavy atom. The Balaban J connectivity index is 2.69. The summed E-state index contributed by atoms with van der Waals surface area (Å²) in [6.07, 6.45) is -0.774. The summed E-state index contributed by atoms with van der Waals surface area (Å²) in [6, 6.07) is 4.64. The molecule has 0 aliphatic carbocycles. The highest BCUT2D eigenvalue weighted by atomic mass is 35.5.